The molecule has 0 saturated carbocycles. The minimum absolute atomic E-state index is 0.754. The molecule has 0 atom stereocenters. The van der Waals surface area contributed by atoms with Crippen molar-refractivity contribution in [2.24, 2.45) is 0 Å². The van der Waals surface area contributed by atoms with Gasteiger partial charge in [0.25, 0.3) is 0 Å². The molecule has 294 valence electrons. The smallest absolute Gasteiger partial charge is 0.445 e. The van der Waals surface area contributed by atoms with Crippen molar-refractivity contribution in [2.45, 2.75) is 0 Å². The SMILES string of the molecule is c1cc(B2OB(c3cccc(-n4c5ccccc5c5ccccc54)c3)OB(c3cccc(-n4c5ccccc5c5ccccc54)c3)O2)cc(-n2c3ccccc3c3ccccc32)c1. The standard InChI is InChI=1S/C54H36B3N3O3/c1-7-28-49-43(22-1)44-23-2-8-29-50(44)58(49)40-19-13-16-37(34-40)55-61-56(38-17-14-20-41(35-38)59-51-30-9-3-24-45(51)46-25-4-10-31-52(46)59)63-57(62-55)39-18-15-21-42(36-39)60-53-32-11-5-26-47(53)48-27-6-12-33-54(48)60/h1-36H. The van der Waals surface area contributed by atoms with E-state index < -0.39 is 21.4 Å². The zero-order valence-corrected chi connectivity index (χ0v) is 34.1. The lowest BCUT2D eigenvalue weighted by molar-refractivity contribution is 0.308. The molecule has 9 aromatic carbocycles. The van der Waals surface area contributed by atoms with Crippen molar-refractivity contribution in [3.63, 3.8) is 0 Å². The van der Waals surface area contributed by atoms with Crippen LogP contribution in [0.1, 0.15) is 0 Å². The van der Waals surface area contributed by atoms with E-state index in [-0.39, 0.29) is 0 Å². The van der Waals surface area contributed by atoms with Gasteiger partial charge in [-0.05, 0) is 89.2 Å². The van der Waals surface area contributed by atoms with Crippen molar-refractivity contribution in [3.05, 3.63) is 218 Å². The first-order valence-electron chi connectivity index (χ1n) is 21.5. The lowest BCUT2D eigenvalue weighted by Crippen LogP contribution is -2.61. The monoisotopic (exact) mass is 807 g/mol. The highest BCUT2D eigenvalue weighted by Gasteiger charge is 2.44. The van der Waals surface area contributed by atoms with Gasteiger partial charge in [-0.3, -0.25) is 0 Å². The van der Waals surface area contributed by atoms with E-state index in [1.807, 2.05) is 0 Å². The molecule has 1 aliphatic rings. The van der Waals surface area contributed by atoms with Crippen LogP contribution in [0.25, 0.3) is 82.5 Å². The number of fused-ring (bicyclic) bond motifs is 9. The summed E-state index contributed by atoms with van der Waals surface area (Å²) in [5.74, 6) is 0. The fourth-order valence-corrected chi connectivity index (χ4v) is 9.94. The number of hydrogen-bond acceptors (Lipinski definition) is 3. The predicted molar refractivity (Wildman–Crippen MR) is 262 cm³/mol. The third-order valence-electron chi connectivity index (χ3n) is 12.7. The molecular weight excluding hydrogens is 771 g/mol. The second kappa shape index (κ2) is 14.5. The van der Waals surface area contributed by atoms with Crippen molar-refractivity contribution in [2.75, 3.05) is 0 Å². The molecule has 1 saturated heterocycles. The van der Waals surface area contributed by atoms with Gasteiger partial charge in [-0.15, -0.1) is 0 Å². The van der Waals surface area contributed by atoms with Gasteiger partial charge in [0, 0.05) is 49.4 Å². The summed E-state index contributed by atoms with van der Waals surface area (Å²) in [6, 6.07) is 77.0. The maximum atomic E-state index is 6.95. The van der Waals surface area contributed by atoms with Gasteiger partial charge in [-0.1, -0.05) is 146 Å². The van der Waals surface area contributed by atoms with Crippen LogP contribution < -0.4 is 16.4 Å². The summed E-state index contributed by atoms with van der Waals surface area (Å²) in [5, 5.41) is 7.27. The topological polar surface area (TPSA) is 42.5 Å². The van der Waals surface area contributed by atoms with Gasteiger partial charge >= 0.3 is 21.4 Å². The van der Waals surface area contributed by atoms with Gasteiger partial charge in [0.05, 0.1) is 33.1 Å². The van der Waals surface area contributed by atoms with E-state index in [4.69, 9.17) is 13.7 Å². The Kier molecular flexibility index (Phi) is 8.34. The molecule has 4 heterocycles. The van der Waals surface area contributed by atoms with Crippen LogP contribution in [0, 0.1) is 0 Å². The Labute approximate surface area is 364 Å². The van der Waals surface area contributed by atoms with Crippen LogP contribution in [-0.4, -0.2) is 35.1 Å². The first kappa shape index (κ1) is 36.1. The summed E-state index contributed by atoms with van der Waals surface area (Å²) in [5.41, 5.74) is 12.6. The molecule has 0 N–H and O–H groups in total. The average Bonchev–Trinajstić information content (AvgIpc) is 4.00. The highest BCUT2D eigenvalue weighted by molar-refractivity contribution is 6.87. The molecule has 0 aliphatic carbocycles. The van der Waals surface area contributed by atoms with E-state index in [0.717, 1.165) is 66.6 Å². The molecule has 0 radical (unpaired) electrons. The van der Waals surface area contributed by atoms with Gasteiger partial charge in [-0.25, -0.2) is 0 Å². The van der Waals surface area contributed by atoms with E-state index in [2.05, 4.69) is 232 Å². The third-order valence-corrected chi connectivity index (χ3v) is 12.7. The lowest BCUT2D eigenvalue weighted by Gasteiger charge is -2.32. The Bertz CT molecular complexity index is 3190. The van der Waals surface area contributed by atoms with Crippen LogP contribution in [0.2, 0.25) is 0 Å². The van der Waals surface area contributed by atoms with E-state index in [0.29, 0.717) is 0 Å². The molecular formula is C54H36B3N3O3. The summed E-state index contributed by atoms with van der Waals surface area (Å²) >= 11 is 0. The fraction of sp³-hybridized carbons (Fsp3) is 0. The Morgan fingerprint density at radius 2 is 0.460 bits per heavy atom. The number of benzene rings is 9. The zero-order valence-electron chi connectivity index (χ0n) is 34.1. The van der Waals surface area contributed by atoms with Gasteiger partial charge in [0.1, 0.15) is 0 Å². The maximum absolute atomic E-state index is 6.95. The van der Waals surface area contributed by atoms with Gasteiger partial charge in [0.2, 0.25) is 0 Å². The van der Waals surface area contributed by atoms with Crippen molar-refractivity contribution in [3.8, 4) is 17.1 Å². The summed E-state index contributed by atoms with van der Waals surface area (Å²) in [7, 11) is -2.26. The molecule has 13 rings (SSSR count). The predicted octanol–water partition coefficient (Wildman–Crippen LogP) is 10.5. The van der Waals surface area contributed by atoms with Crippen LogP contribution in [0.15, 0.2) is 218 Å². The first-order chi connectivity index (χ1) is 31.2. The van der Waals surface area contributed by atoms with Crippen molar-refractivity contribution in [1.29, 1.82) is 0 Å². The van der Waals surface area contributed by atoms with Gasteiger partial charge in [0.15, 0.2) is 0 Å². The second-order valence-electron chi connectivity index (χ2n) is 16.3. The number of hydrogen-bond donors (Lipinski definition) is 0. The van der Waals surface area contributed by atoms with Gasteiger partial charge < -0.3 is 27.4 Å². The number of rotatable bonds is 6. The maximum Gasteiger partial charge on any atom is 0.467 e. The average molecular weight is 807 g/mol. The third kappa shape index (κ3) is 5.82. The minimum atomic E-state index is -0.754. The Balaban J connectivity index is 0.944. The summed E-state index contributed by atoms with van der Waals surface area (Å²) in [6.07, 6.45) is 0. The molecule has 9 heteroatoms. The highest BCUT2D eigenvalue weighted by atomic mass is 16.7. The molecule has 12 aromatic rings. The number of aromatic nitrogens is 3. The second-order valence-corrected chi connectivity index (χ2v) is 16.3. The van der Waals surface area contributed by atoms with Crippen LogP contribution in [0.3, 0.4) is 0 Å². The van der Waals surface area contributed by atoms with Crippen LogP contribution in [0.4, 0.5) is 0 Å². The lowest BCUT2D eigenvalue weighted by atomic mass is 9.61. The van der Waals surface area contributed by atoms with Crippen LogP contribution >= 0.6 is 0 Å². The molecule has 0 unspecified atom stereocenters. The normalized spacial score (nSPS) is 13.4. The Morgan fingerprint density at radius 1 is 0.238 bits per heavy atom. The van der Waals surface area contributed by atoms with E-state index in [1.54, 1.807) is 0 Å². The van der Waals surface area contributed by atoms with E-state index in [9.17, 15) is 0 Å². The molecule has 1 aliphatic heterocycles. The fourth-order valence-electron chi connectivity index (χ4n) is 9.94. The zero-order chi connectivity index (χ0) is 41.4. The highest BCUT2D eigenvalue weighted by Crippen LogP contribution is 2.34. The molecule has 63 heavy (non-hydrogen) atoms. The molecule has 1 fully saturated rings. The van der Waals surface area contributed by atoms with E-state index >= 15 is 0 Å². The number of nitrogens with zero attached hydrogens (tertiary/aromatic N) is 3. The Hall–Kier alpha value is -7.55. The molecule has 6 nitrogen and oxygen atoms in total. The largest absolute Gasteiger partial charge is 0.467 e. The van der Waals surface area contributed by atoms with Crippen molar-refractivity contribution < 1.29 is 13.7 Å². The van der Waals surface area contributed by atoms with Gasteiger partial charge in [-0.2, -0.15) is 0 Å². The van der Waals surface area contributed by atoms with Crippen LogP contribution in [-0.2, 0) is 13.7 Å². The molecule has 0 spiro atoms. The Morgan fingerprint density at radius 3 is 0.698 bits per heavy atom. The van der Waals surface area contributed by atoms with Crippen molar-refractivity contribution in [1.82, 2.24) is 13.7 Å². The van der Waals surface area contributed by atoms with E-state index in [1.165, 1.54) is 32.3 Å². The summed E-state index contributed by atoms with van der Waals surface area (Å²) in [4.78, 5) is 0. The minimum Gasteiger partial charge on any atom is -0.445 e. The van der Waals surface area contributed by atoms with Crippen LogP contribution in [0.5, 0.6) is 0 Å². The summed E-state index contributed by atoms with van der Waals surface area (Å²) < 4.78 is 27.8. The van der Waals surface area contributed by atoms with Crippen molar-refractivity contribution >= 4 is 103 Å². The molecule has 3 aromatic heterocycles. The summed E-state index contributed by atoms with van der Waals surface area (Å²) in [6.45, 7) is 0. The number of para-hydroxylation sites is 6. The first-order valence-corrected chi connectivity index (χ1v) is 21.5. The quantitative estimate of drug-likeness (QED) is 0.157. The molecule has 0 bridgehead atoms. The molecule has 0 amide bonds.